The summed E-state index contributed by atoms with van der Waals surface area (Å²) in [6.07, 6.45) is -0.197. The van der Waals surface area contributed by atoms with Gasteiger partial charge >= 0.3 is 6.11 Å². The Morgan fingerprint density at radius 1 is 0.700 bits per heavy atom. The van der Waals surface area contributed by atoms with E-state index in [1.807, 2.05) is 6.92 Å². The highest BCUT2D eigenvalue weighted by Crippen LogP contribution is 2.46. The third-order valence-corrected chi connectivity index (χ3v) is 9.93. The highest BCUT2D eigenvalue weighted by Gasteiger charge is 2.44. The second-order valence-electron chi connectivity index (χ2n) is 13.2. The molecule has 0 amide bonds. The van der Waals surface area contributed by atoms with Crippen molar-refractivity contribution in [3.8, 4) is 5.75 Å². The van der Waals surface area contributed by atoms with Crippen molar-refractivity contribution in [2.75, 3.05) is 13.2 Å². The second-order valence-corrected chi connectivity index (χ2v) is 13.2. The Kier molecular flexibility index (Phi) is 12.2. The summed E-state index contributed by atoms with van der Waals surface area (Å²) in [6.45, 7) is 1.51. The first-order valence-electron chi connectivity index (χ1n) is 16.9. The highest BCUT2D eigenvalue weighted by atomic mass is 19.3. The van der Waals surface area contributed by atoms with Crippen molar-refractivity contribution >= 4 is 5.83 Å². The highest BCUT2D eigenvalue weighted by molar-refractivity contribution is 5.62. The van der Waals surface area contributed by atoms with Gasteiger partial charge in [-0.2, -0.15) is 8.78 Å². The minimum Gasteiger partial charge on any atom is -0.432 e. The van der Waals surface area contributed by atoms with Crippen LogP contribution >= 0.6 is 0 Å². The maximum absolute atomic E-state index is 15.4. The average molecular weight is 717 g/mol. The number of unbranched alkanes of at least 4 members (excludes halogenated alkanes) is 1. The Bertz CT molecular complexity index is 1630. The topological polar surface area (TPSA) is 18.5 Å². The summed E-state index contributed by atoms with van der Waals surface area (Å²) in [4.78, 5) is 0. The third-order valence-electron chi connectivity index (χ3n) is 9.93. The Labute approximate surface area is 284 Å². The quantitative estimate of drug-likeness (QED) is 0.106. The molecule has 0 heterocycles. The molecule has 0 saturated heterocycles. The van der Waals surface area contributed by atoms with Gasteiger partial charge in [0.25, 0.3) is 0 Å². The molecule has 50 heavy (non-hydrogen) atoms. The van der Waals surface area contributed by atoms with Gasteiger partial charge in [0, 0.05) is 29.9 Å². The second kappa shape index (κ2) is 16.2. The zero-order valence-electron chi connectivity index (χ0n) is 27.4. The molecule has 0 bridgehead atoms. The lowest BCUT2D eigenvalue weighted by molar-refractivity contribution is -0.222. The first kappa shape index (κ1) is 37.7. The first-order chi connectivity index (χ1) is 23.8. The molecular weight excluding hydrogens is 678 g/mol. The van der Waals surface area contributed by atoms with Crippen LogP contribution in [0.15, 0.2) is 48.3 Å². The van der Waals surface area contributed by atoms with Gasteiger partial charge in [0.2, 0.25) is 0 Å². The van der Waals surface area contributed by atoms with Crippen LogP contribution in [0.4, 0.5) is 43.9 Å². The van der Waals surface area contributed by atoms with Crippen LogP contribution in [0, 0.1) is 40.8 Å². The predicted molar refractivity (Wildman–Crippen MR) is 168 cm³/mol. The minimum atomic E-state index is -3.79. The van der Waals surface area contributed by atoms with Gasteiger partial charge in [-0.25, -0.2) is 35.1 Å². The molecule has 2 saturated carbocycles. The molecule has 2 fully saturated rings. The SMILES string of the molecule is CCCCOC/C(F)=C(\F)c1cc(F)c(C2CCC(c3ccc(C4CCC(C(F)(F)Oc5cc(F)c(F)c(F)c5)CC4)c(F)c3)CC2)c(F)c1. The lowest BCUT2D eigenvalue weighted by atomic mass is 9.74. The van der Waals surface area contributed by atoms with Crippen LogP contribution in [-0.2, 0) is 4.74 Å². The van der Waals surface area contributed by atoms with Gasteiger partial charge < -0.3 is 9.47 Å². The van der Waals surface area contributed by atoms with Crippen molar-refractivity contribution in [2.24, 2.45) is 5.92 Å². The zero-order chi connectivity index (χ0) is 36.2. The van der Waals surface area contributed by atoms with Crippen LogP contribution in [0.25, 0.3) is 5.83 Å². The van der Waals surface area contributed by atoms with Gasteiger partial charge in [0.05, 0.1) is 5.92 Å². The van der Waals surface area contributed by atoms with E-state index in [1.54, 1.807) is 12.1 Å². The molecule has 0 atom stereocenters. The van der Waals surface area contributed by atoms with Crippen LogP contribution in [-0.4, -0.2) is 19.3 Å². The number of hydrogen-bond acceptors (Lipinski definition) is 2. The van der Waals surface area contributed by atoms with Crippen molar-refractivity contribution < 1.29 is 53.4 Å². The molecule has 5 rings (SSSR count). The first-order valence-corrected chi connectivity index (χ1v) is 16.9. The summed E-state index contributed by atoms with van der Waals surface area (Å²) in [5.41, 5.74) is 0.350. The molecule has 0 N–H and O–H groups in total. The van der Waals surface area contributed by atoms with Crippen molar-refractivity contribution in [2.45, 2.75) is 95.0 Å². The van der Waals surface area contributed by atoms with Gasteiger partial charge in [-0.3, -0.25) is 0 Å². The standard InChI is InChI=1S/C38H38F10O2/c1-2-3-14-49-20-34(44)36(45)25-16-30(40)35(31(41)17-25)23-6-4-21(5-7-23)24-10-13-28(29(39)15-24)22-8-11-26(12-9-22)38(47,48)50-27-18-32(42)37(46)33(43)19-27/h10,13,15-19,21-23,26H,2-9,11-12,14,20H2,1H3/b36-34+. The van der Waals surface area contributed by atoms with Crippen LogP contribution in [0.2, 0.25) is 0 Å². The van der Waals surface area contributed by atoms with Crippen molar-refractivity contribution in [3.05, 3.63) is 105 Å². The number of alkyl halides is 2. The molecule has 0 radical (unpaired) electrons. The summed E-state index contributed by atoms with van der Waals surface area (Å²) in [5, 5.41) is 0. The van der Waals surface area contributed by atoms with Crippen LogP contribution in [0.3, 0.4) is 0 Å². The normalized spacial score (nSPS) is 22.0. The molecule has 0 unspecified atom stereocenters. The molecule has 2 nitrogen and oxygen atoms in total. The summed E-state index contributed by atoms with van der Waals surface area (Å²) in [7, 11) is 0. The van der Waals surface area contributed by atoms with E-state index in [4.69, 9.17) is 4.74 Å². The van der Waals surface area contributed by atoms with Crippen LogP contribution in [0.1, 0.15) is 111 Å². The van der Waals surface area contributed by atoms with Gasteiger partial charge in [-0.1, -0.05) is 25.5 Å². The molecule has 2 aliphatic carbocycles. The average Bonchev–Trinajstić information content (AvgIpc) is 3.08. The van der Waals surface area contributed by atoms with E-state index in [9.17, 15) is 30.7 Å². The fraction of sp³-hybridized carbons (Fsp3) is 0.474. The maximum Gasteiger partial charge on any atom is 0.400 e. The number of hydrogen-bond donors (Lipinski definition) is 0. The van der Waals surface area contributed by atoms with Crippen molar-refractivity contribution in [1.82, 2.24) is 0 Å². The Morgan fingerprint density at radius 2 is 1.28 bits per heavy atom. The van der Waals surface area contributed by atoms with Crippen LogP contribution < -0.4 is 4.74 Å². The summed E-state index contributed by atoms with van der Waals surface area (Å²) >= 11 is 0. The molecule has 272 valence electrons. The largest absolute Gasteiger partial charge is 0.432 e. The maximum atomic E-state index is 15.4. The van der Waals surface area contributed by atoms with E-state index in [2.05, 4.69) is 4.74 Å². The van der Waals surface area contributed by atoms with Gasteiger partial charge in [0.15, 0.2) is 29.1 Å². The minimum absolute atomic E-state index is 0.0472. The van der Waals surface area contributed by atoms with E-state index in [-0.39, 0.29) is 49.7 Å². The van der Waals surface area contributed by atoms with E-state index >= 15 is 13.2 Å². The summed E-state index contributed by atoms with van der Waals surface area (Å²) < 4.78 is 154. The van der Waals surface area contributed by atoms with E-state index in [0.29, 0.717) is 55.4 Å². The van der Waals surface area contributed by atoms with Crippen molar-refractivity contribution in [3.63, 3.8) is 0 Å². The van der Waals surface area contributed by atoms with E-state index < -0.39 is 82.4 Å². The third kappa shape index (κ3) is 8.66. The van der Waals surface area contributed by atoms with Gasteiger partial charge in [-0.15, -0.1) is 0 Å². The molecule has 12 heteroatoms. The fourth-order valence-corrected chi connectivity index (χ4v) is 7.15. The molecule has 2 aliphatic rings. The van der Waals surface area contributed by atoms with E-state index in [0.717, 1.165) is 18.6 Å². The van der Waals surface area contributed by atoms with Gasteiger partial charge in [-0.05, 0) is 105 Å². The summed E-state index contributed by atoms with van der Waals surface area (Å²) in [5.74, 6) is -13.2. The lowest BCUT2D eigenvalue weighted by Gasteiger charge is -2.34. The molecule has 0 aliphatic heterocycles. The number of halogens is 10. The molecule has 0 spiro atoms. The molecule has 0 aromatic heterocycles. The monoisotopic (exact) mass is 716 g/mol. The molecular formula is C38H38F10O2. The predicted octanol–water partition coefficient (Wildman–Crippen LogP) is 12.3. The number of rotatable bonds is 12. The number of benzene rings is 3. The van der Waals surface area contributed by atoms with E-state index in [1.165, 1.54) is 6.07 Å². The molecule has 3 aromatic carbocycles. The summed E-state index contributed by atoms with van der Waals surface area (Å²) in [6, 6.07) is 7.10. The smallest absolute Gasteiger partial charge is 0.400 e. The Hall–Kier alpha value is -3.54. The zero-order valence-corrected chi connectivity index (χ0v) is 27.4. The Morgan fingerprint density at radius 3 is 1.86 bits per heavy atom. The lowest BCUT2D eigenvalue weighted by Crippen LogP contribution is -2.37. The fourth-order valence-electron chi connectivity index (χ4n) is 7.15. The Balaban J connectivity index is 1.16. The van der Waals surface area contributed by atoms with Gasteiger partial charge in [0.1, 0.15) is 29.8 Å². The van der Waals surface area contributed by atoms with Crippen LogP contribution in [0.5, 0.6) is 5.75 Å². The van der Waals surface area contributed by atoms with Crippen molar-refractivity contribution in [1.29, 1.82) is 0 Å². The number of ether oxygens (including phenoxy) is 2. The molecule has 3 aromatic rings.